The number of alkyl halides is 4. The molecule has 0 spiro atoms. The summed E-state index contributed by atoms with van der Waals surface area (Å²) >= 11 is 16.2. The van der Waals surface area contributed by atoms with E-state index in [2.05, 4.69) is 15.9 Å². The Morgan fingerprint density at radius 2 is 1.84 bits per heavy atom. The molecular weight excluding hydrogens is 384 g/mol. The van der Waals surface area contributed by atoms with Gasteiger partial charge in [-0.1, -0.05) is 29.8 Å². The van der Waals surface area contributed by atoms with E-state index >= 15 is 0 Å². The largest absolute Gasteiger partial charge is 0.418 e. The molecule has 7 heteroatoms. The fourth-order valence-corrected chi connectivity index (χ4v) is 4.39. The molecule has 0 saturated carbocycles. The first-order chi connectivity index (χ1) is 8.82. The van der Waals surface area contributed by atoms with Crippen LogP contribution in [0.25, 0.3) is 0 Å². The monoisotopic (exact) mass is 388 g/mol. The zero-order chi connectivity index (χ0) is 14.2. The van der Waals surface area contributed by atoms with Gasteiger partial charge in [-0.15, -0.1) is 22.9 Å². The second-order valence-electron chi connectivity index (χ2n) is 3.71. The van der Waals surface area contributed by atoms with Crippen molar-refractivity contribution >= 4 is 50.5 Å². The SMILES string of the molecule is FC(F)(F)c1csc(C(Cl)c2ccccc2Cl)c1Br. The van der Waals surface area contributed by atoms with Crippen LogP contribution in [0.4, 0.5) is 13.2 Å². The molecule has 19 heavy (non-hydrogen) atoms. The Balaban J connectivity index is 2.44. The van der Waals surface area contributed by atoms with Crippen LogP contribution in [0.3, 0.4) is 0 Å². The number of halogens is 6. The van der Waals surface area contributed by atoms with E-state index in [1.54, 1.807) is 24.3 Å². The van der Waals surface area contributed by atoms with Crippen molar-refractivity contribution in [3.63, 3.8) is 0 Å². The fraction of sp³-hybridized carbons (Fsp3) is 0.167. The summed E-state index contributed by atoms with van der Waals surface area (Å²) in [5, 5.41) is 0.756. The average molecular weight is 390 g/mol. The molecule has 0 N–H and O–H groups in total. The van der Waals surface area contributed by atoms with E-state index in [1.165, 1.54) is 0 Å². The zero-order valence-electron chi connectivity index (χ0n) is 9.14. The van der Waals surface area contributed by atoms with Gasteiger partial charge in [-0.25, -0.2) is 0 Å². The molecule has 0 aliphatic rings. The maximum atomic E-state index is 12.7. The molecule has 1 atom stereocenters. The normalized spacial score (nSPS) is 13.6. The van der Waals surface area contributed by atoms with Crippen LogP contribution in [0.2, 0.25) is 5.02 Å². The van der Waals surface area contributed by atoms with Crippen molar-refractivity contribution in [2.24, 2.45) is 0 Å². The summed E-state index contributed by atoms with van der Waals surface area (Å²) in [7, 11) is 0. The number of hydrogen-bond acceptors (Lipinski definition) is 1. The Morgan fingerprint density at radius 3 is 2.37 bits per heavy atom. The lowest BCUT2D eigenvalue weighted by Gasteiger charge is -2.11. The maximum Gasteiger partial charge on any atom is 0.418 e. The highest BCUT2D eigenvalue weighted by Gasteiger charge is 2.36. The predicted octanol–water partition coefficient (Wildman–Crippen LogP) is 6.51. The summed E-state index contributed by atoms with van der Waals surface area (Å²) in [6, 6.07) is 6.82. The molecule has 1 aromatic heterocycles. The van der Waals surface area contributed by atoms with Gasteiger partial charge >= 0.3 is 6.18 Å². The molecule has 0 aliphatic heterocycles. The summed E-state index contributed by atoms with van der Waals surface area (Å²) in [5.74, 6) is 0. The molecule has 1 aromatic carbocycles. The van der Waals surface area contributed by atoms with Crippen molar-refractivity contribution in [2.45, 2.75) is 11.6 Å². The second kappa shape index (κ2) is 5.64. The lowest BCUT2D eigenvalue weighted by Crippen LogP contribution is -2.04. The zero-order valence-corrected chi connectivity index (χ0v) is 13.1. The summed E-state index contributed by atoms with van der Waals surface area (Å²) < 4.78 is 38.1. The van der Waals surface area contributed by atoms with Gasteiger partial charge in [0.05, 0.1) is 10.9 Å². The molecule has 0 radical (unpaired) electrons. The molecule has 0 aliphatic carbocycles. The Hall–Kier alpha value is -0.230. The molecule has 1 unspecified atom stereocenters. The van der Waals surface area contributed by atoms with Crippen LogP contribution in [0, 0.1) is 0 Å². The maximum absolute atomic E-state index is 12.7. The third kappa shape index (κ3) is 3.10. The molecule has 102 valence electrons. The molecular formula is C12H6BrCl2F3S. The second-order valence-corrected chi connectivity index (χ2v) is 6.26. The Kier molecular flexibility index (Phi) is 4.50. The molecule has 0 amide bonds. The predicted molar refractivity (Wildman–Crippen MR) is 76.2 cm³/mol. The summed E-state index contributed by atoms with van der Waals surface area (Å²) in [4.78, 5) is 0.391. The van der Waals surface area contributed by atoms with Crippen molar-refractivity contribution in [1.82, 2.24) is 0 Å². The smallest absolute Gasteiger partial charge is 0.166 e. The van der Waals surface area contributed by atoms with Gasteiger partial charge in [-0.2, -0.15) is 13.2 Å². The van der Waals surface area contributed by atoms with Crippen LogP contribution in [-0.2, 0) is 6.18 Å². The van der Waals surface area contributed by atoms with E-state index < -0.39 is 17.1 Å². The minimum Gasteiger partial charge on any atom is -0.166 e. The molecule has 0 fully saturated rings. The first-order valence-corrected chi connectivity index (χ1v) is 7.53. The van der Waals surface area contributed by atoms with Crippen LogP contribution in [-0.4, -0.2) is 0 Å². The third-order valence-corrected chi connectivity index (χ3v) is 5.56. The highest BCUT2D eigenvalue weighted by Crippen LogP contribution is 2.46. The van der Waals surface area contributed by atoms with Gasteiger partial charge in [0.15, 0.2) is 0 Å². The molecule has 0 saturated heterocycles. The van der Waals surface area contributed by atoms with Gasteiger partial charge in [0, 0.05) is 19.8 Å². The van der Waals surface area contributed by atoms with Crippen LogP contribution in [0.15, 0.2) is 34.1 Å². The minimum atomic E-state index is -4.40. The molecule has 0 bridgehead atoms. The van der Waals surface area contributed by atoms with Crippen molar-refractivity contribution in [3.8, 4) is 0 Å². The molecule has 1 heterocycles. The number of thiophene rings is 1. The highest BCUT2D eigenvalue weighted by molar-refractivity contribution is 9.10. The van der Waals surface area contributed by atoms with Gasteiger partial charge in [0.2, 0.25) is 0 Å². The van der Waals surface area contributed by atoms with Crippen LogP contribution < -0.4 is 0 Å². The first kappa shape index (κ1) is 15.2. The number of rotatable bonds is 2. The van der Waals surface area contributed by atoms with Crippen LogP contribution in [0.1, 0.15) is 21.4 Å². The topological polar surface area (TPSA) is 0 Å². The van der Waals surface area contributed by atoms with Crippen molar-refractivity contribution in [1.29, 1.82) is 0 Å². The Bertz CT molecular complexity index is 595. The third-order valence-electron chi connectivity index (χ3n) is 2.47. The summed E-state index contributed by atoms with van der Waals surface area (Å²) in [5.41, 5.74) is -0.132. The van der Waals surface area contributed by atoms with Gasteiger partial charge in [0.25, 0.3) is 0 Å². The van der Waals surface area contributed by atoms with E-state index in [1.807, 2.05) is 0 Å². The van der Waals surface area contributed by atoms with Gasteiger partial charge in [-0.3, -0.25) is 0 Å². The lowest BCUT2D eigenvalue weighted by molar-refractivity contribution is -0.137. The minimum absolute atomic E-state index is 0.0232. The van der Waals surface area contributed by atoms with Gasteiger partial charge in [0.1, 0.15) is 0 Å². The fourth-order valence-electron chi connectivity index (χ4n) is 1.54. The van der Waals surface area contributed by atoms with Crippen molar-refractivity contribution < 1.29 is 13.2 Å². The number of benzene rings is 1. The van der Waals surface area contributed by atoms with Gasteiger partial charge < -0.3 is 0 Å². The molecule has 2 aromatic rings. The first-order valence-electron chi connectivity index (χ1n) is 5.05. The quantitative estimate of drug-likeness (QED) is 0.513. The van der Waals surface area contributed by atoms with E-state index in [9.17, 15) is 13.2 Å². The van der Waals surface area contributed by atoms with Crippen LogP contribution >= 0.6 is 50.5 Å². The highest BCUT2D eigenvalue weighted by atomic mass is 79.9. The summed E-state index contributed by atoms with van der Waals surface area (Å²) in [6.45, 7) is 0. The van der Waals surface area contributed by atoms with Crippen LogP contribution in [0.5, 0.6) is 0 Å². The van der Waals surface area contributed by atoms with Crippen molar-refractivity contribution in [2.75, 3.05) is 0 Å². The van der Waals surface area contributed by atoms with Gasteiger partial charge in [-0.05, 0) is 27.6 Å². The van der Waals surface area contributed by atoms with Crippen molar-refractivity contribution in [3.05, 3.63) is 55.1 Å². The Labute approximate surface area is 130 Å². The molecule has 2 rings (SSSR count). The number of hydrogen-bond donors (Lipinski definition) is 0. The Morgan fingerprint density at radius 1 is 1.21 bits per heavy atom. The lowest BCUT2D eigenvalue weighted by atomic mass is 10.1. The average Bonchev–Trinajstić information content (AvgIpc) is 2.70. The molecule has 0 nitrogen and oxygen atoms in total. The summed E-state index contributed by atoms with van der Waals surface area (Å²) in [6.07, 6.45) is -4.40. The van der Waals surface area contributed by atoms with E-state index in [0.717, 1.165) is 16.7 Å². The van der Waals surface area contributed by atoms with E-state index in [4.69, 9.17) is 23.2 Å². The standard InChI is InChI=1S/C12H6BrCl2F3S/c13-9-7(12(16,17)18)5-19-11(9)10(15)6-3-1-2-4-8(6)14/h1-5,10H. The van der Waals surface area contributed by atoms with E-state index in [0.29, 0.717) is 15.5 Å². The van der Waals surface area contributed by atoms with E-state index in [-0.39, 0.29) is 4.47 Å².